The van der Waals surface area contributed by atoms with Crippen molar-refractivity contribution < 1.29 is 13.6 Å². The summed E-state index contributed by atoms with van der Waals surface area (Å²) < 4.78 is 27.3. The predicted octanol–water partition coefficient (Wildman–Crippen LogP) is 4.37. The highest BCUT2D eigenvalue weighted by molar-refractivity contribution is 5.97. The van der Waals surface area contributed by atoms with Gasteiger partial charge in [-0.15, -0.1) is 0 Å². The Morgan fingerprint density at radius 3 is 2.74 bits per heavy atom. The Labute approximate surface area is 195 Å². The van der Waals surface area contributed by atoms with Gasteiger partial charge in [-0.2, -0.15) is 0 Å². The van der Waals surface area contributed by atoms with Gasteiger partial charge in [0, 0.05) is 34.9 Å². The molecule has 0 spiro atoms. The molecule has 0 radical (unpaired) electrons. The highest BCUT2D eigenvalue weighted by Gasteiger charge is 2.24. The molecule has 4 aromatic rings. The molecule has 2 aromatic heterocycles. The zero-order valence-electron chi connectivity index (χ0n) is 18.3. The molecular weight excluding hydrogens is 436 g/mol. The molecule has 1 aliphatic heterocycles. The van der Waals surface area contributed by atoms with Crippen molar-refractivity contribution in [1.29, 1.82) is 0 Å². The van der Waals surface area contributed by atoms with Crippen molar-refractivity contribution in [3.8, 4) is 11.3 Å². The van der Waals surface area contributed by atoms with Gasteiger partial charge in [0.2, 0.25) is 0 Å². The van der Waals surface area contributed by atoms with Crippen molar-refractivity contribution in [2.75, 3.05) is 18.4 Å². The minimum Gasteiger partial charge on any atom is -0.363 e. The zero-order chi connectivity index (χ0) is 23.5. The van der Waals surface area contributed by atoms with Crippen LogP contribution in [0.1, 0.15) is 22.5 Å². The first kappa shape index (κ1) is 22.0. The number of fused-ring (bicyclic) bond motifs is 1. The molecule has 1 saturated heterocycles. The van der Waals surface area contributed by atoms with Gasteiger partial charge in [0.05, 0.1) is 30.6 Å². The molecule has 2 atom stereocenters. The number of Topliss-reactive ketones (excluding diaryl/α,β-unsaturated/α-hetero) is 1. The minimum atomic E-state index is -0.983. The molecule has 0 amide bonds. The molecule has 3 heterocycles. The van der Waals surface area contributed by atoms with E-state index in [2.05, 4.69) is 25.6 Å². The van der Waals surface area contributed by atoms with Crippen molar-refractivity contribution in [3.05, 3.63) is 84.2 Å². The van der Waals surface area contributed by atoms with Crippen molar-refractivity contribution in [3.63, 3.8) is 0 Å². The van der Waals surface area contributed by atoms with E-state index in [0.29, 0.717) is 35.7 Å². The third-order valence-electron chi connectivity index (χ3n) is 5.96. The van der Waals surface area contributed by atoms with Crippen LogP contribution < -0.4 is 10.6 Å². The van der Waals surface area contributed by atoms with E-state index < -0.39 is 6.17 Å². The SMILES string of the molecule is O=C(Cc1cc2cc(-c3cncc(N[C@H]4CCNC[C@@H]4F)n3)ccc2cn1)c1ccc(F)cc1. The monoisotopic (exact) mass is 459 g/mol. The lowest BCUT2D eigenvalue weighted by molar-refractivity contribution is 0.0992. The quantitative estimate of drug-likeness (QED) is 0.417. The van der Waals surface area contributed by atoms with Crippen LogP contribution in [0.4, 0.5) is 14.6 Å². The number of hydrogen-bond acceptors (Lipinski definition) is 6. The van der Waals surface area contributed by atoms with E-state index in [1.807, 2.05) is 24.3 Å². The summed E-state index contributed by atoms with van der Waals surface area (Å²) in [4.78, 5) is 25.9. The summed E-state index contributed by atoms with van der Waals surface area (Å²) in [5.41, 5.74) is 2.59. The fraction of sp³-hybridized carbons (Fsp3) is 0.231. The molecule has 0 unspecified atom stereocenters. The van der Waals surface area contributed by atoms with Crippen molar-refractivity contribution in [2.24, 2.45) is 0 Å². The van der Waals surface area contributed by atoms with Gasteiger partial charge < -0.3 is 10.6 Å². The van der Waals surface area contributed by atoms with Gasteiger partial charge in [0.25, 0.3) is 0 Å². The Balaban J connectivity index is 1.37. The summed E-state index contributed by atoms with van der Waals surface area (Å²) in [5, 5.41) is 8.05. The first-order chi connectivity index (χ1) is 16.5. The highest BCUT2D eigenvalue weighted by Crippen LogP contribution is 2.25. The zero-order valence-corrected chi connectivity index (χ0v) is 18.3. The van der Waals surface area contributed by atoms with Crippen molar-refractivity contribution in [2.45, 2.75) is 25.1 Å². The second-order valence-electron chi connectivity index (χ2n) is 8.39. The molecule has 5 rings (SSSR count). The number of hydrogen-bond donors (Lipinski definition) is 2. The second kappa shape index (κ2) is 9.61. The Kier molecular flexibility index (Phi) is 6.22. The van der Waals surface area contributed by atoms with Gasteiger partial charge >= 0.3 is 0 Å². The smallest absolute Gasteiger partial charge is 0.168 e. The average Bonchev–Trinajstić information content (AvgIpc) is 2.85. The van der Waals surface area contributed by atoms with Gasteiger partial charge in [-0.25, -0.2) is 13.8 Å². The second-order valence-corrected chi connectivity index (χ2v) is 8.39. The van der Waals surface area contributed by atoms with Gasteiger partial charge in [0.1, 0.15) is 17.8 Å². The van der Waals surface area contributed by atoms with Crippen LogP contribution in [0.25, 0.3) is 22.0 Å². The molecule has 172 valence electrons. The van der Waals surface area contributed by atoms with Crippen LogP contribution in [-0.2, 0) is 6.42 Å². The highest BCUT2D eigenvalue weighted by atomic mass is 19.1. The van der Waals surface area contributed by atoms with E-state index in [0.717, 1.165) is 22.9 Å². The fourth-order valence-corrected chi connectivity index (χ4v) is 4.09. The number of rotatable bonds is 6. The van der Waals surface area contributed by atoms with Gasteiger partial charge in [-0.1, -0.05) is 12.1 Å². The molecule has 0 bridgehead atoms. The topological polar surface area (TPSA) is 79.8 Å². The van der Waals surface area contributed by atoms with E-state index in [4.69, 9.17) is 0 Å². The van der Waals surface area contributed by atoms with Crippen molar-refractivity contribution >= 4 is 22.4 Å². The number of carbonyl (C=O) groups excluding carboxylic acids is 1. The predicted molar refractivity (Wildman–Crippen MR) is 127 cm³/mol. The maximum atomic E-state index is 14.2. The van der Waals surface area contributed by atoms with E-state index in [1.165, 1.54) is 24.3 Å². The van der Waals surface area contributed by atoms with Crippen LogP contribution in [0.5, 0.6) is 0 Å². The molecule has 2 N–H and O–H groups in total. The van der Waals surface area contributed by atoms with Crippen LogP contribution in [0.2, 0.25) is 0 Å². The first-order valence-corrected chi connectivity index (χ1v) is 11.2. The molecule has 1 aliphatic rings. The minimum absolute atomic E-state index is 0.117. The number of ketones is 1. The normalized spacial score (nSPS) is 18.1. The van der Waals surface area contributed by atoms with Crippen molar-refractivity contribution in [1.82, 2.24) is 20.3 Å². The number of nitrogens with zero attached hydrogens (tertiary/aromatic N) is 3. The van der Waals surface area contributed by atoms with Crippen LogP contribution in [-0.4, -0.2) is 46.0 Å². The summed E-state index contributed by atoms with van der Waals surface area (Å²) in [6.07, 6.45) is 4.81. The Morgan fingerprint density at radius 1 is 1.06 bits per heavy atom. The Bertz CT molecular complexity index is 1330. The molecule has 1 fully saturated rings. The lowest BCUT2D eigenvalue weighted by Gasteiger charge is -2.27. The molecular formula is C26H23F2N5O. The molecule has 0 aliphatic carbocycles. The molecule has 0 saturated carbocycles. The number of alkyl halides is 1. The Hall–Kier alpha value is -3.78. The third kappa shape index (κ3) is 4.92. The van der Waals surface area contributed by atoms with E-state index in [1.54, 1.807) is 18.6 Å². The maximum Gasteiger partial charge on any atom is 0.168 e. The number of halogens is 2. The summed E-state index contributed by atoms with van der Waals surface area (Å²) in [6, 6.07) is 12.9. The number of pyridine rings is 1. The molecule has 2 aromatic carbocycles. The lowest BCUT2D eigenvalue weighted by Crippen LogP contribution is -2.45. The summed E-state index contributed by atoms with van der Waals surface area (Å²) in [6.45, 7) is 1.09. The third-order valence-corrected chi connectivity index (χ3v) is 5.96. The number of piperidine rings is 1. The van der Waals surface area contributed by atoms with Crippen LogP contribution in [0.15, 0.2) is 67.1 Å². The number of nitrogens with one attached hydrogen (secondary N) is 2. The number of anilines is 1. The molecule has 6 nitrogen and oxygen atoms in total. The average molecular weight is 460 g/mol. The molecule has 8 heteroatoms. The number of aromatic nitrogens is 3. The fourth-order valence-electron chi connectivity index (χ4n) is 4.09. The Morgan fingerprint density at radius 2 is 1.91 bits per heavy atom. The van der Waals surface area contributed by atoms with E-state index in [-0.39, 0.29) is 24.1 Å². The molecule has 34 heavy (non-hydrogen) atoms. The first-order valence-electron chi connectivity index (χ1n) is 11.2. The summed E-state index contributed by atoms with van der Waals surface area (Å²) in [5.74, 6) is 0.0275. The largest absolute Gasteiger partial charge is 0.363 e. The standard InChI is InChI=1S/C26H23F2N5O/c27-20-5-3-16(4-6-20)25(34)11-21-10-19-9-17(1-2-18(19)12-31-21)24-14-30-15-26(33-24)32-23-7-8-29-13-22(23)28/h1-6,9-10,12,14-15,22-23,29H,7-8,11,13H2,(H,32,33)/t22-,23-/m0/s1. The van der Waals surface area contributed by atoms with Crippen LogP contribution in [0, 0.1) is 5.82 Å². The van der Waals surface area contributed by atoms with Crippen LogP contribution in [0.3, 0.4) is 0 Å². The summed E-state index contributed by atoms with van der Waals surface area (Å²) >= 11 is 0. The lowest BCUT2D eigenvalue weighted by atomic mass is 10.0. The van der Waals surface area contributed by atoms with E-state index in [9.17, 15) is 13.6 Å². The van der Waals surface area contributed by atoms with E-state index >= 15 is 0 Å². The van der Waals surface area contributed by atoms with Gasteiger partial charge in [-0.3, -0.25) is 14.8 Å². The van der Waals surface area contributed by atoms with Crippen LogP contribution >= 0.6 is 0 Å². The maximum absolute atomic E-state index is 14.2. The summed E-state index contributed by atoms with van der Waals surface area (Å²) in [7, 11) is 0. The number of benzene rings is 2. The van der Waals surface area contributed by atoms with Gasteiger partial charge in [-0.05, 0) is 54.8 Å². The van der Waals surface area contributed by atoms with Gasteiger partial charge in [0.15, 0.2) is 5.78 Å². The number of carbonyl (C=O) groups is 1.